The molecular formula is C13H13BrFN3. The van der Waals surface area contributed by atoms with Gasteiger partial charge < -0.3 is 5.73 Å². The van der Waals surface area contributed by atoms with Crippen molar-refractivity contribution in [3.8, 4) is 5.69 Å². The molecule has 0 fully saturated rings. The Morgan fingerprint density at radius 1 is 1.28 bits per heavy atom. The number of benzene rings is 1. The van der Waals surface area contributed by atoms with Crippen molar-refractivity contribution in [3.63, 3.8) is 0 Å². The highest BCUT2D eigenvalue weighted by atomic mass is 79.9. The lowest BCUT2D eigenvalue weighted by Gasteiger charge is -2.14. The Morgan fingerprint density at radius 3 is 2.89 bits per heavy atom. The average molecular weight is 310 g/mol. The highest BCUT2D eigenvalue weighted by Gasteiger charge is 2.21. The number of aromatic nitrogens is 2. The predicted octanol–water partition coefficient (Wildman–Crippen LogP) is 3.23. The van der Waals surface area contributed by atoms with Gasteiger partial charge in [0.1, 0.15) is 11.6 Å². The summed E-state index contributed by atoms with van der Waals surface area (Å²) in [5.41, 5.74) is 8.90. The Hall–Kier alpha value is -1.36. The van der Waals surface area contributed by atoms with Crippen LogP contribution in [0.3, 0.4) is 0 Å². The molecule has 0 radical (unpaired) electrons. The first-order valence-corrected chi connectivity index (χ1v) is 6.78. The van der Waals surface area contributed by atoms with Crippen LogP contribution in [0.4, 0.5) is 10.2 Å². The second kappa shape index (κ2) is 4.39. The standard InChI is InChI=1S/C13H13BrFN3/c14-10-6-5-8(15)7-12(10)18-11-4-2-1-3-9(11)13(16)17-18/h5-7H,1-4H2,(H2,16,17). The van der Waals surface area contributed by atoms with Crippen molar-refractivity contribution in [1.29, 1.82) is 0 Å². The largest absolute Gasteiger partial charge is 0.382 e. The van der Waals surface area contributed by atoms with Crippen molar-refractivity contribution in [2.24, 2.45) is 0 Å². The lowest BCUT2D eigenvalue weighted by atomic mass is 9.97. The Morgan fingerprint density at radius 2 is 2.06 bits per heavy atom. The number of rotatable bonds is 1. The average Bonchev–Trinajstić information content (AvgIpc) is 2.71. The number of hydrogen-bond acceptors (Lipinski definition) is 2. The smallest absolute Gasteiger partial charge is 0.149 e. The quantitative estimate of drug-likeness (QED) is 0.879. The minimum Gasteiger partial charge on any atom is -0.382 e. The molecule has 18 heavy (non-hydrogen) atoms. The Kier molecular flexibility index (Phi) is 2.86. The van der Waals surface area contributed by atoms with Gasteiger partial charge in [-0.15, -0.1) is 0 Å². The number of fused-ring (bicyclic) bond motifs is 1. The van der Waals surface area contributed by atoms with E-state index in [-0.39, 0.29) is 5.82 Å². The van der Waals surface area contributed by atoms with E-state index in [0.29, 0.717) is 11.5 Å². The van der Waals surface area contributed by atoms with Gasteiger partial charge in [0.05, 0.1) is 5.69 Å². The van der Waals surface area contributed by atoms with Crippen molar-refractivity contribution in [1.82, 2.24) is 9.78 Å². The number of halogens is 2. The molecule has 0 saturated heterocycles. The summed E-state index contributed by atoms with van der Waals surface area (Å²) >= 11 is 3.44. The molecule has 2 N–H and O–H groups in total. The van der Waals surface area contributed by atoms with Gasteiger partial charge in [0.25, 0.3) is 0 Å². The highest BCUT2D eigenvalue weighted by Crippen LogP contribution is 2.30. The third-order valence-electron chi connectivity index (χ3n) is 3.35. The number of nitrogens with two attached hydrogens (primary N) is 1. The fourth-order valence-corrected chi connectivity index (χ4v) is 2.89. The third kappa shape index (κ3) is 1.82. The molecule has 1 aromatic heterocycles. The van der Waals surface area contributed by atoms with E-state index in [2.05, 4.69) is 21.0 Å². The Bertz CT molecular complexity index is 607. The third-order valence-corrected chi connectivity index (χ3v) is 4.02. The van der Waals surface area contributed by atoms with E-state index >= 15 is 0 Å². The summed E-state index contributed by atoms with van der Waals surface area (Å²) in [6.07, 6.45) is 4.19. The van der Waals surface area contributed by atoms with Gasteiger partial charge in [0, 0.05) is 21.8 Å². The summed E-state index contributed by atoms with van der Waals surface area (Å²) in [6, 6.07) is 4.59. The molecule has 0 amide bonds. The van der Waals surface area contributed by atoms with E-state index < -0.39 is 0 Å². The molecule has 1 aliphatic carbocycles. The van der Waals surface area contributed by atoms with Crippen LogP contribution in [-0.4, -0.2) is 9.78 Å². The molecule has 5 heteroatoms. The van der Waals surface area contributed by atoms with E-state index in [1.54, 1.807) is 10.7 Å². The maximum atomic E-state index is 13.4. The van der Waals surface area contributed by atoms with Gasteiger partial charge >= 0.3 is 0 Å². The summed E-state index contributed by atoms with van der Waals surface area (Å²) in [5.74, 6) is 0.299. The van der Waals surface area contributed by atoms with Gasteiger partial charge in [0.15, 0.2) is 0 Å². The van der Waals surface area contributed by atoms with Crippen LogP contribution in [0, 0.1) is 5.82 Å². The van der Waals surface area contributed by atoms with E-state index in [0.717, 1.165) is 41.4 Å². The second-order valence-electron chi connectivity index (χ2n) is 4.53. The molecule has 0 unspecified atom stereocenters. The zero-order valence-electron chi connectivity index (χ0n) is 9.79. The maximum absolute atomic E-state index is 13.4. The van der Waals surface area contributed by atoms with E-state index in [4.69, 9.17) is 5.73 Å². The molecule has 1 aromatic carbocycles. The fourth-order valence-electron chi connectivity index (χ4n) is 2.47. The topological polar surface area (TPSA) is 43.8 Å². The van der Waals surface area contributed by atoms with Gasteiger partial charge in [-0.25, -0.2) is 9.07 Å². The minimum absolute atomic E-state index is 0.271. The van der Waals surface area contributed by atoms with Crippen LogP contribution in [0.5, 0.6) is 0 Å². The molecule has 94 valence electrons. The summed E-state index contributed by atoms with van der Waals surface area (Å²) in [6.45, 7) is 0. The van der Waals surface area contributed by atoms with Gasteiger partial charge in [-0.3, -0.25) is 0 Å². The Balaban J connectivity index is 2.20. The summed E-state index contributed by atoms with van der Waals surface area (Å²) < 4.78 is 16.0. The van der Waals surface area contributed by atoms with Crippen LogP contribution in [0.2, 0.25) is 0 Å². The Labute approximate surface area is 113 Å². The molecule has 0 bridgehead atoms. The van der Waals surface area contributed by atoms with Crippen molar-refractivity contribution in [2.45, 2.75) is 25.7 Å². The van der Waals surface area contributed by atoms with E-state index in [1.165, 1.54) is 12.1 Å². The number of hydrogen-bond donors (Lipinski definition) is 1. The minimum atomic E-state index is -0.271. The lowest BCUT2D eigenvalue weighted by Crippen LogP contribution is -2.08. The molecule has 0 aliphatic heterocycles. The van der Waals surface area contributed by atoms with Crippen LogP contribution >= 0.6 is 15.9 Å². The van der Waals surface area contributed by atoms with Gasteiger partial charge in [-0.1, -0.05) is 0 Å². The molecule has 2 aromatic rings. The summed E-state index contributed by atoms with van der Waals surface area (Å²) in [7, 11) is 0. The van der Waals surface area contributed by atoms with E-state index in [1.807, 2.05) is 0 Å². The van der Waals surface area contributed by atoms with Crippen LogP contribution in [-0.2, 0) is 12.8 Å². The van der Waals surface area contributed by atoms with E-state index in [9.17, 15) is 4.39 Å². The maximum Gasteiger partial charge on any atom is 0.149 e. The van der Waals surface area contributed by atoms with Crippen molar-refractivity contribution in [3.05, 3.63) is 39.7 Å². The lowest BCUT2D eigenvalue weighted by molar-refractivity contribution is 0.620. The predicted molar refractivity (Wildman–Crippen MR) is 72.3 cm³/mol. The van der Waals surface area contributed by atoms with Crippen LogP contribution in [0.1, 0.15) is 24.1 Å². The van der Waals surface area contributed by atoms with Crippen molar-refractivity contribution >= 4 is 21.7 Å². The first-order valence-electron chi connectivity index (χ1n) is 5.98. The monoisotopic (exact) mass is 309 g/mol. The number of nitrogen functional groups attached to an aromatic ring is 1. The van der Waals surface area contributed by atoms with Gasteiger partial charge in [-0.2, -0.15) is 5.10 Å². The second-order valence-corrected chi connectivity index (χ2v) is 5.38. The van der Waals surface area contributed by atoms with Gasteiger partial charge in [-0.05, 0) is 53.7 Å². The van der Waals surface area contributed by atoms with Crippen molar-refractivity contribution in [2.75, 3.05) is 5.73 Å². The van der Waals surface area contributed by atoms with Crippen molar-refractivity contribution < 1.29 is 4.39 Å². The first kappa shape index (κ1) is 11.7. The summed E-state index contributed by atoms with van der Waals surface area (Å²) in [5, 5.41) is 4.36. The van der Waals surface area contributed by atoms with Crippen LogP contribution in [0.25, 0.3) is 5.69 Å². The zero-order valence-corrected chi connectivity index (χ0v) is 11.4. The summed E-state index contributed by atoms with van der Waals surface area (Å²) in [4.78, 5) is 0. The molecule has 1 aliphatic rings. The van der Waals surface area contributed by atoms with Gasteiger partial charge in [0.2, 0.25) is 0 Å². The highest BCUT2D eigenvalue weighted by molar-refractivity contribution is 9.10. The fraction of sp³-hybridized carbons (Fsp3) is 0.308. The SMILES string of the molecule is Nc1nn(-c2cc(F)ccc2Br)c2c1CCCC2. The molecule has 0 saturated carbocycles. The molecule has 3 nitrogen and oxygen atoms in total. The normalized spacial score (nSPS) is 14.6. The zero-order chi connectivity index (χ0) is 12.7. The first-order chi connectivity index (χ1) is 8.66. The molecule has 1 heterocycles. The van der Waals surface area contributed by atoms with Crippen LogP contribution < -0.4 is 5.73 Å². The molecule has 0 atom stereocenters. The van der Waals surface area contributed by atoms with Crippen LogP contribution in [0.15, 0.2) is 22.7 Å². The molecule has 3 rings (SSSR count). The molecule has 0 spiro atoms. The number of nitrogens with zero attached hydrogens (tertiary/aromatic N) is 2. The number of anilines is 1. The molecular weight excluding hydrogens is 297 g/mol.